The van der Waals surface area contributed by atoms with E-state index in [0.29, 0.717) is 0 Å². The highest BCUT2D eigenvalue weighted by molar-refractivity contribution is 6.46. The molecule has 2 nitrogen and oxygen atoms in total. The molecular weight excluding hydrogens is 247 g/mol. The van der Waals surface area contributed by atoms with Crippen molar-refractivity contribution in [3.8, 4) is 0 Å². The van der Waals surface area contributed by atoms with Crippen LogP contribution in [0.2, 0.25) is 6.32 Å². The van der Waals surface area contributed by atoms with Gasteiger partial charge in [0.2, 0.25) is 0 Å². The molecular formula is C17H25BO2. The molecule has 0 aromatic heterocycles. The Morgan fingerprint density at radius 1 is 0.950 bits per heavy atom. The summed E-state index contributed by atoms with van der Waals surface area (Å²) in [6, 6.07) is 10.6. The molecule has 0 bridgehead atoms. The van der Waals surface area contributed by atoms with Crippen molar-refractivity contribution < 1.29 is 9.31 Å². The molecule has 1 aliphatic heterocycles. The Bertz CT molecular complexity index is 435. The fourth-order valence-electron chi connectivity index (χ4n) is 2.28. The van der Waals surface area contributed by atoms with E-state index in [-0.39, 0.29) is 18.3 Å². The summed E-state index contributed by atoms with van der Waals surface area (Å²) in [5.74, 6) is 0. The molecule has 0 unspecified atom stereocenters. The van der Waals surface area contributed by atoms with Gasteiger partial charge in [-0.1, -0.05) is 42.5 Å². The Morgan fingerprint density at radius 2 is 1.55 bits per heavy atom. The van der Waals surface area contributed by atoms with Crippen LogP contribution in [-0.4, -0.2) is 18.3 Å². The second-order valence-electron chi connectivity index (χ2n) is 6.42. The summed E-state index contributed by atoms with van der Waals surface area (Å²) in [4.78, 5) is 0. The van der Waals surface area contributed by atoms with Crippen molar-refractivity contribution in [2.75, 3.05) is 0 Å². The van der Waals surface area contributed by atoms with E-state index in [0.717, 1.165) is 19.2 Å². The number of hydrogen-bond acceptors (Lipinski definition) is 2. The number of rotatable bonds is 5. The van der Waals surface area contributed by atoms with E-state index in [1.807, 2.05) is 0 Å². The lowest BCUT2D eigenvalue weighted by Crippen LogP contribution is -2.41. The van der Waals surface area contributed by atoms with Gasteiger partial charge in [0.15, 0.2) is 0 Å². The van der Waals surface area contributed by atoms with Gasteiger partial charge in [0.25, 0.3) is 0 Å². The average molecular weight is 272 g/mol. The summed E-state index contributed by atoms with van der Waals surface area (Å²) in [5, 5.41) is 0. The first kappa shape index (κ1) is 15.3. The Balaban J connectivity index is 1.73. The first-order valence-corrected chi connectivity index (χ1v) is 7.45. The molecule has 1 aromatic rings. The zero-order valence-corrected chi connectivity index (χ0v) is 13.1. The average Bonchev–Trinajstić information content (AvgIpc) is 2.58. The first-order valence-electron chi connectivity index (χ1n) is 7.45. The van der Waals surface area contributed by atoms with Crippen LogP contribution in [0.25, 0.3) is 0 Å². The summed E-state index contributed by atoms with van der Waals surface area (Å²) >= 11 is 0. The van der Waals surface area contributed by atoms with Crippen LogP contribution in [0, 0.1) is 0 Å². The lowest BCUT2D eigenvalue weighted by Gasteiger charge is -2.32. The third kappa shape index (κ3) is 3.74. The molecule has 20 heavy (non-hydrogen) atoms. The molecule has 1 aromatic carbocycles. The lowest BCUT2D eigenvalue weighted by atomic mass is 9.85. The Labute approximate surface area is 123 Å². The van der Waals surface area contributed by atoms with Crippen LogP contribution in [-0.2, 0) is 15.7 Å². The Hall–Kier alpha value is -1.06. The zero-order valence-electron chi connectivity index (χ0n) is 13.1. The van der Waals surface area contributed by atoms with Crippen LogP contribution < -0.4 is 0 Å². The standard InChI is InChI=1S/C17H25BO2/c1-16(2)17(3,4)20-18(19-16)14-10-6-9-13-15-11-7-5-8-12-15/h5-8,10-12H,9,13-14H2,1-4H3/b10-6+. The SMILES string of the molecule is CC1(C)OB(C/C=C/CCc2ccccc2)OC1(C)C. The lowest BCUT2D eigenvalue weighted by molar-refractivity contribution is 0.00578. The van der Waals surface area contributed by atoms with Crippen molar-refractivity contribution >= 4 is 7.12 Å². The zero-order chi connectivity index (χ0) is 14.6. The van der Waals surface area contributed by atoms with Gasteiger partial charge in [-0.25, -0.2) is 0 Å². The molecule has 0 atom stereocenters. The number of allylic oxidation sites excluding steroid dienone is 2. The van der Waals surface area contributed by atoms with E-state index >= 15 is 0 Å². The highest BCUT2D eigenvalue weighted by Gasteiger charge is 2.50. The second-order valence-corrected chi connectivity index (χ2v) is 6.42. The van der Waals surface area contributed by atoms with Gasteiger partial charge in [0.1, 0.15) is 0 Å². The predicted octanol–water partition coefficient (Wildman–Crippen LogP) is 4.27. The first-order chi connectivity index (χ1) is 9.41. The minimum absolute atomic E-state index is 0.118. The van der Waals surface area contributed by atoms with E-state index in [4.69, 9.17) is 9.31 Å². The maximum absolute atomic E-state index is 5.96. The largest absolute Gasteiger partial charge is 0.461 e. The molecule has 0 N–H and O–H groups in total. The van der Waals surface area contributed by atoms with Crippen LogP contribution in [0.15, 0.2) is 42.5 Å². The van der Waals surface area contributed by atoms with Gasteiger partial charge in [-0.05, 0) is 46.1 Å². The molecule has 1 saturated heterocycles. The third-order valence-corrected chi connectivity index (χ3v) is 4.24. The van der Waals surface area contributed by atoms with Gasteiger partial charge in [-0.2, -0.15) is 0 Å². The number of benzene rings is 1. The van der Waals surface area contributed by atoms with Gasteiger partial charge >= 0.3 is 7.12 Å². The summed E-state index contributed by atoms with van der Waals surface area (Å²) in [7, 11) is -0.118. The Kier molecular flexibility index (Phi) is 4.72. The van der Waals surface area contributed by atoms with Gasteiger partial charge in [-0.15, -0.1) is 0 Å². The molecule has 0 amide bonds. The van der Waals surface area contributed by atoms with Crippen molar-refractivity contribution in [2.45, 2.75) is 58.1 Å². The fourth-order valence-corrected chi connectivity index (χ4v) is 2.28. The smallest absolute Gasteiger partial charge is 0.403 e. The van der Waals surface area contributed by atoms with Crippen molar-refractivity contribution in [3.05, 3.63) is 48.0 Å². The maximum atomic E-state index is 5.96. The molecule has 3 heteroatoms. The van der Waals surface area contributed by atoms with E-state index in [9.17, 15) is 0 Å². The predicted molar refractivity (Wildman–Crippen MR) is 84.8 cm³/mol. The van der Waals surface area contributed by atoms with Crippen LogP contribution in [0.4, 0.5) is 0 Å². The quantitative estimate of drug-likeness (QED) is 0.588. The van der Waals surface area contributed by atoms with Gasteiger partial charge in [0.05, 0.1) is 11.2 Å². The van der Waals surface area contributed by atoms with Crippen molar-refractivity contribution in [1.29, 1.82) is 0 Å². The molecule has 1 aliphatic rings. The summed E-state index contributed by atoms with van der Waals surface area (Å²) in [6.07, 6.45) is 7.36. The van der Waals surface area contributed by atoms with Crippen molar-refractivity contribution in [3.63, 3.8) is 0 Å². The molecule has 0 aliphatic carbocycles. The molecule has 0 spiro atoms. The topological polar surface area (TPSA) is 18.5 Å². The monoisotopic (exact) mass is 272 g/mol. The third-order valence-electron chi connectivity index (χ3n) is 4.24. The van der Waals surface area contributed by atoms with Crippen LogP contribution in [0.3, 0.4) is 0 Å². The minimum Gasteiger partial charge on any atom is -0.403 e. The Morgan fingerprint density at radius 3 is 2.15 bits per heavy atom. The number of hydrogen-bond donors (Lipinski definition) is 0. The van der Waals surface area contributed by atoms with Gasteiger partial charge < -0.3 is 9.31 Å². The normalized spacial score (nSPS) is 20.7. The van der Waals surface area contributed by atoms with Crippen LogP contribution in [0.5, 0.6) is 0 Å². The summed E-state index contributed by atoms with van der Waals surface area (Å²) in [6.45, 7) is 8.36. The van der Waals surface area contributed by atoms with Crippen LogP contribution in [0.1, 0.15) is 39.7 Å². The molecule has 1 fully saturated rings. The molecule has 0 saturated carbocycles. The molecule has 0 radical (unpaired) electrons. The molecule has 1 heterocycles. The van der Waals surface area contributed by atoms with E-state index < -0.39 is 0 Å². The molecule has 108 valence electrons. The minimum atomic E-state index is -0.227. The molecule has 2 rings (SSSR count). The van der Waals surface area contributed by atoms with E-state index in [1.54, 1.807) is 0 Å². The van der Waals surface area contributed by atoms with Crippen molar-refractivity contribution in [2.24, 2.45) is 0 Å². The van der Waals surface area contributed by atoms with Gasteiger partial charge in [0, 0.05) is 6.32 Å². The van der Waals surface area contributed by atoms with Gasteiger partial charge in [-0.3, -0.25) is 0 Å². The summed E-state index contributed by atoms with van der Waals surface area (Å²) in [5.41, 5.74) is 0.929. The maximum Gasteiger partial charge on any atom is 0.461 e. The van der Waals surface area contributed by atoms with E-state index in [1.165, 1.54) is 5.56 Å². The fraction of sp³-hybridized carbons (Fsp3) is 0.529. The number of aryl methyl sites for hydroxylation is 1. The highest BCUT2D eigenvalue weighted by Crippen LogP contribution is 2.37. The van der Waals surface area contributed by atoms with E-state index in [2.05, 4.69) is 70.2 Å². The van der Waals surface area contributed by atoms with Crippen molar-refractivity contribution in [1.82, 2.24) is 0 Å². The highest BCUT2D eigenvalue weighted by atomic mass is 16.7. The second kappa shape index (κ2) is 6.15. The summed E-state index contributed by atoms with van der Waals surface area (Å²) < 4.78 is 11.9. The van der Waals surface area contributed by atoms with Crippen LogP contribution >= 0.6 is 0 Å².